The maximum atomic E-state index is 5.18. The van der Waals surface area contributed by atoms with Crippen LogP contribution in [0.4, 0.5) is 0 Å². The second-order valence-electron chi connectivity index (χ2n) is 5.96. The van der Waals surface area contributed by atoms with Crippen LogP contribution >= 0.6 is 0 Å². The summed E-state index contributed by atoms with van der Waals surface area (Å²) in [6.07, 6.45) is 19.2. The molecule has 23 heavy (non-hydrogen) atoms. The first-order valence-electron chi connectivity index (χ1n) is 9.16. The van der Waals surface area contributed by atoms with Crippen LogP contribution in [0.2, 0.25) is 0 Å². The van der Waals surface area contributed by atoms with Gasteiger partial charge in [-0.1, -0.05) is 51.4 Å². The Hall–Kier alpha value is -0.580. The van der Waals surface area contributed by atoms with Gasteiger partial charge in [0.2, 0.25) is 0 Å². The zero-order valence-electron chi connectivity index (χ0n) is 15.6. The molecule has 4 heteroatoms. The van der Waals surface area contributed by atoms with E-state index in [1.807, 2.05) is 0 Å². The molecule has 0 aromatic heterocycles. The minimum atomic E-state index is -0.0172. The van der Waals surface area contributed by atoms with Crippen molar-refractivity contribution in [3.05, 3.63) is 12.3 Å². The van der Waals surface area contributed by atoms with Gasteiger partial charge < -0.3 is 18.9 Å². The zero-order valence-corrected chi connectivity index (χ0v) is 15.6. The Labute approximate surface area is 143 Å². The smallest absolute Gasteiger partial charge is 0.187 e. The first kappa shape index (κ1) is 22.4. The second kappa shape index (κ2) is 19.5. The molecule has 0 aromatic carbocycles. The highest BCUT2D eigenvalue weighted by Crippen LogP contribution is 2.13. The Bertz CT molecular complexity index is 240. The molecule has 0 atom stereocenters. The molecule has 138 valence electrons. The highest BCUT2D eigenvalue weighted by molar-refractivity contribution is 4.72. The zero-order chi connectivity index (χ0) is 17.0. The normalized spacial score (nSPS) is 11.7. The van der Waals surface area contributed by atoms with Gasteiger partial charge in [0.25, 0.3) is 0 Å². The molecule has 0 saturated carbocycles. The van der Waals surface area contributed by atoms with Gasteiger partial charge in [-0.25, -0.2) is 0 Å². The van der Waals surface area contributed by atoms with Gasteiger partial charge in [-0.15, -0.1) is 0 Å². The van der Waals surface area contributed by atoms with E-state index in [9.17, 15) is 0 Å². The molecule has 0 amide bonds. The lowest BCUT2D eigenvalue weighted by Gasteiger charge is -2.12. The Morgan fingerprint density at radius 3 is 1.74 bits per heavy atom. The van der Waals surface area contributed by atoms with E-state index in [-0.39, 0.29) is 6.29 Å². The maximum absolute atomic E-state index is 5.18. The summed E-state index contributed by atoms with van der Waals surface area (Å²) in [7, 11) is 5.05. The van der Waals surface area contributed by atoms with E-state index >= 15 is 0 Å². The lowest BCUT2D eigenvalue weighted by atomic mass is 10.1. The average Bonchev–Trinajstić information content (AvgIpc) is 2.58. The van der Waals surface area contributed by atoms with Gasteiger partial charge in [0.05, 0.1) is 6.26 Å². The van der Waals surface area contributed by atoms with Crippen molar-refractivity contribution in [1.82, 2.24) is 0 Å². The lowest BCUT2D eigenvalue weighted by molar-refractivity contribution is -0.107. The molecule has 0 aliphatic rings. The van der Waals surface area contributed by atoms with Crippen molar-refractivity contribution in [2.75, 3.05) is 28.1 Å². The van der Waals surface area contributed by atoms with Crippen LogP contribution in [0.1, 0.15) is 77.0 Å². The summed E-state index contributed by atoms with van der Waals surface area (Å²) in [5.74, 6) is 0. The summed E-state index contributed by atoms with van der Waals surface area (Å²) in [6, 6.07) is 0. The van der Waals surface area contributed by atoms with Gasteiger partial charge in [-0.2, -0.15) is 0 Å². The Balaban J connectivity index is 3.09. The van der Waals surface area contributed by atoms with Crippen LogP contribution in [-0.4, -0.2) is 34.4 Å². The Kier molecular flexibility index (Phi) is 19.0. The second-order valence-corrected chi connectivity index (χ2v) is 5.96. The third kappa shape index (κ3) is 17.6. The molecular weight excluding hydrogens is 292 g/mol. The average molecular weight is 331 g/mol. The Morgan fingerprint density at radius 2 is 1.22 bits per heavy atom. The SMILES string of the molecule is COCOC=CCCCCCCCCCCCCC(OC)OC. The van der Waals surface area contributed by atoms with Gasteiger partial charge in [0, 0.05) is 21.3 Å². The minimum absolute atomic E-state index is 0.0172. The van der Waals surface area contributed by atoms with Crippen LogP contribution in [0.5, 0.6) is 0 Å². The lowest BCUT2D eigenvalue weighted by Crippen LogP contribution is -2.12. The molecular formula is C19H38O4. The quantitative estimate of drug-likeness (QED) is 0.191. The molecule has 0 aliphatic carbocycles. The van der Waals surface area contributed by atoms with Crippen LogP contribution in [0.3, 0.4) is 0 Å². The maximum Gasteiger partial charge on any atom is 0.187 e. The summed E-state index contributed by atoms with van der Waals surface area (Å²) >= 11 is 0. The molecule has 0 radical (unpaired) electrons. The van der Waals surface area contributed by atoms with E-state index in [0.29, 0.717) is 6.79 Å². The van der Waals surface area contributed by atoms with E-state index in [1.54, 1.807) is 27.6 Å². The van der Waals surface area contributed by atoms with Crippen molar-refractivity contribution < 1.29 is 18.9 Å². The van der Waals surface area contributed by atoms with Crippen LogP contribution in [0.25, 0.3) is 0 Å². The summed E-state index contributed by atoms with van der Waals surface area (Å²) in [4.78, 5) is 0. The fourth-order valence-electron chi connectivity index (χ4n) is 2.56. The summed E-state index contributed by atoms with van der Waals surface area (Å²) in [5, 5.41) is 0. The van der Waals surface area contributed by atoms with Crippen molar-refractivity contribution in [3.8, 4) is 0 Å². The van der Waals surface area contributed by atoms with Crippen molar-refractivity contribution in [2.45, 2.75) is 83.3 Å². The molecule has 0 saturated heterocycles. The van der Waals surface area contributed by atoms with Crippen molar-refractivity contribution in [3.63, 3.8) is 0 Å². The number of allylic oxidation sites excluding steroid dienone is 1. The molecule has 0 aromatic rings. The summed E-state index contributed by atoms with van der Waals surface area (Å²) in [5.41, 5.74) is 0. The van der Waals surface area contributed by atoms with Gasteiger partial charge >= 0.3 is 0 Å². The highest BCUT2D eigenvalue weighted by Gasteiger charge is 2.03. The molecule has 0 unspecified atom stereocenters. The van der Waals surface area contributed by atoms with Gasteiger partial charge in [0.15, 0.2) is 13.1 Å². The summed E-state index contributed by atoms with van der Waals surface area (Å²) in [6.45, 7) is 0.343. The largest absolute Gasteiger partial charge is 0.476 e. The highest BCUT2D eigenvalue weighted by atomic mass is 16.7. The van der Waals surface area contributed by atoms with Crippen LogP contribution in [0.15, 0.2) is 12.3 Å². The van der Waals surface area contributed by atoms with Gasteiger partial charge in [-0.05, 0) is 31.8 Å². The molecule has 0 fully saturated rings. The Morgan fingerprint density at radius 1 is 0.696 bits per heavy atom. The molecule has 0 bridgehead atoms. The third-order valence-corrected chi connectivity index (χ3v) is 3.96. The van der Waals surface area contributed by atoms with E-state index in [1.165, 1.54) is 64.2 Å². The van der Waals surface area contributed by atoms with Crippen molar-refractivity contribution in [2.24, 2.45) is 0 Å². The van der Waals surface area contributed by atoms with Crippen molar-refractivity contribution >= 4 is 0 Å². The van der Waals surface area contributed by atoms with Gasteiger partial charge in [-0.3, -0.25) is 0 Å². The predicted octanol–water partition coefficient (Wildman–Crippen LogP) is 5.42. The first-order valence-corrected chi connectivity index (χ1v) is 9.16. The van der Waals surface area contributed by atoms with Crippen LogP contribution < -0.4 is 0 Å². The van der Waals surface area contributed by atoms with Gasteiger partial charge in [0.1, 0.15) is 0 Å². The van der Waals surface area contributed by atoms with E-state index in [2.05, 4.69) is 6.08 Å². The number of hydrogen-bond acceptors (Lipinski definition) is 4. The number of methoxy groups -OCH3 is 3. The number of rotatable bonds is 18. The van der Waals surface area contributed by atoms with Crippen molar-refractivity contribution in [1.29, 1.82) is 0 Å². The molecule has 0 heterocycles. The standard InChI is InChI=1S/C19H38O4/c1-20-18-23-17-15-13-11-9-7-5-4-6-8-10-12-14-16-19(21-2)22-3/h15,17,19H,4-14,16,18H2,1-3H3. The molecule has 4 nitrogen and oxygen atoms in total. The molecule has 0 spiro atoms. The number of ether oxygens (including phenoxy) is 4. The van der Waals surface area contributed by atoms with E-state index in [0.717, 1.165) is 12.8 Å². The molecule has 0 rings (SSSR count). The monoisotopic (exact) mass is 330 g/mol. The summed E-state index contributed by atoms with van der Waals surface area (Å²) < 4.78 is 20.3. The minimum Gasteiger partial charge on any atom is -0.476 e. The predicted molar refractivity (Wildman–Crippen MR) is 95.3 cm³/mol. The molecule has 0 aliphatic heterocycles. The van der Waals surface area contributed by atoms with E-state index < -0.39 is 0 Å². The third-order valence-electron chi connectivity index (χ3n) is 3.96. The molecule has 0 N–H and O–H groups in total. The van der Waals surface area contributed by atoms with Crippen LogP contribution in [0, 0.1) is 0 Å². The first-order chi connectivity index (χ1) is 11.3. The topological polar surface area (TPSA) is 36.9 Å². The fourth-order valence-corrected chi connectivity index (χ4v) is 2.56. The number of hydrogen-bond donors (Lipinski definition) is 0. The van der Waals surface area contributed by atoms with E-state index in [4.69, 9.17) is 18.9 Å². The number of unbranched alkanes of at least 4 members (excludes halogenated alkanes) is 10. The fraction of sp³-hybridized carbons (Fsp3) is 0.895. The van der Waals surface area contributed by atoms with Crippen LogP contribution in [-0.2, 0) is 18.9 Å².